The Hall–Kier alpha value is -1.51. The number of benzene rings is 1. The Kier molecular flexibility index (Phi) is 5.20. The standard InChI is InChI=1S/C12H11BrClN3O/c1-17-12(10(13)6-16)8-3-7(14)4-11(18-2)9(8)5-15/h3-4,6,16-17H,1-2H3/b12-10+,16-6?. The molecule has 18 heavy (non-hydrogen) atoms. The molecule has 0 aliphatic carbocycles. The molecule has 2 N–H and O–H groups in total. The lowest BCUT2D eigenvalue weighted by atomic mass is 10.0. The van der Waals surface area contributed by atoms with Crippen LogP contribution < -0.4 is 10.1 Å². The van der Waals surface area contributed by atoms with Crippen LogP contribution in [0.2, 0.25) is 5.02 Å². The fraction of sp³-hybridized carbons (Fsp3) is 0.167. The maximum absolute atomic E-state index is 9.22. The van der Waals surface area contributed by atoms with E-state index in [1.54, 1.807) is 19.2 Å². The molecule has 0 fully saturated rings. The summed E-state index contributed by atoms with van der Waals surface area (Å²) in [6.45, 7) is 0. The second-order valence-electron chi connectivity index (χ2n) is 3.26. The predicted molar refractivity (Wildman–Crippen MR) is 76.4 cm³/mol. The summed E-state index contributed by atoms with van der Waals surface area (Å²) in [5.41, 5.74) is 1.55. The van der Waals surface area contributed by atoms with Crippen LogP contribution >= 0.6 is 27.5 Å². The van der Waals surface area contributed by atoms with Gasteiger partial charge in [-0.1, -0.05) is 11.6 Å². The molecule has 1 aromatic rings. The normalized spacial score (nSPS) is 11.3. The van der Waals surface area contributed by atoms with Crippen molar-refractivity contribution in [3.8, 4) is 11.8 Å². The number of nitrogens with zero attached hydrogens (tertiary/aromatic N) is 1. The van der Waals surface area contributed by atoms with Gasteiger partial charge in [-0.05, 0) is 22.0 Å². The van der Waals surface area contributed by atoms with Crippen molar-refractivity contribution in [2.75, 3.05) is 14.2 Å². The topological polar surface area (TPSA) is 68.9 Å². The molecule has 0 saturated heterocycles. The molecule has 0 heterocycles. The summed E-state index contributed by atoms with van der Waals surface area (Å²) in [4.78, 5) is 0. The number of halogens is 2. The van der Waals surface area contributed by atoms with Crippen LogP contribution in [0.5, 0.6) is 5.75 Å². The highest BCUT2D eigenvalue weighted by Crippen LogP contribution is 2.32. The lowest BCUT2D eigenvalue weighted by Gasteiger charge is -2.13. The maximum Gasteiger partial charge on any atom is 0.138 e. The summed E-state index contributed by atoms with van der Waals surface area (Å²) in [7, 11) is 3.18. The van der Waals surface area contributed by atoms with E-state index in [0.717, 1.165) is 6.21 Å². The highest BCUT2D eigenvalue weighted by molar-refractivity contribution is 9.12. The van der Waals surface area contributed by atoms with E-state index < -0.39 is 0 Å². The molecule has 0 aliphatic heterocycles. The number of nitrogens with one attached hydrogen (secondary N) is 2. The molecule has 0 aromatic heterocycles. The van der Waals surface area contributed by atoms with Gasteiger partial charge in [0.25, 0.3) is 0 Å². The third-order valence-electron chi connectivity index (χ3n) is 2.28. The average molecular weight is 329 g/mol. The first-order valence-electron chi connectivity index (χ1n) is 4.95. The number of methoxy groups -OCH3 is 1. The fourth-order valence-corrected chi connectivity index (χ4v) is 2.13. The van der Waals surface area contributed by atoms with E-state index in [1.165, 1.54) is 7.11 Å². The zero-order chi connectivity index (χ0) is 13.7. The molecule has 1 aromatic carbocycles. The van der Waals surface area contributed by atoms with Crippen molar-refractivity contribution in [3.05, 3.63) is 32.8 Å². The number of ether oxygens (including phenoxy) is 1. The molecule has 0 atom stereocenters. The van der Waals surface area contributed by atoms with Crippen molar-refractivity contribution in [2.45, 2.75) is 0 Å². The molecule has 0 spiro atoms. The van der Waals surface area contributed by atoms with Gasteiger partial charge in [-0.25, -0.2) is 0 Å². The first-order chi connectivity index (χ1) is 8.58. The minimum atomic E-state index is 0.366. The summed E-state index contributed by atoms with van der Waals surface area (Å²) < 4.78 is 5.66. The number of rotatable bonds is 4. The highest BCUT2D eigenvalue weighted by atomic mass is 79.9. The summed E-state index contributed by atoms with van der Waals surface area (Å²) in [5, 5.41) is 19.9. The van der Waals surface area contributed by atoms with Crippen molar-refractivity contribution in [3.63, 3.8) is 0 Å². The molecule has 0 radical (unpaired) electrons. The predicted octanol–water partition coefficient (Wildman–Crippen LogP) is 3.15. The van der Waals surface area contributed by atoms with Gasteiger partial charge in [0.2, 0.25) is 0 Å². The van der Waals surface area contributed by atoms with Gasteiger partial charge in [-0.2, -0.15) is 5.26 Å². The monoisotopic (exact) mass is 327 g/mol. The van der Waals surface area contributed by atoms with Crippen LogP contribution in [0.15, 0.2) is 16.6 Å². The van der Waals surface area contributed by atoms with E-state index in [2.05, 4.69) is 27.3 Å². The van der Waals surface area contributed by atoms with Crippen LogP contribution in [-0.4, -0.2) is 20.4 Å². The van der Waals surface area contributed by atoms with E-state index in [-0.39, 0.29) is 0 Å². The third kappa shape index (κ3) is 2.84. The van der Waals surface area contributed by atoms with Gasteiger partial charge in [0.15, 0.2) is 0 Å². The van der Waals surface area contributed by atoms with Crippen molar-refractivity contribution in [1.29, 1.82) is 10.7 Å². The van der Waals surface area contributed by atoms with Gasteiger partial charge in [0, 0.05) is 29.9 Å². The second kappa shape index (κ2) is 6.43. The Bertz CT molecular complexity index is 549. The van der Waals surface area contributed by atoms with Crippen LogP contribution in [0.1, 0.15) is 11.1 Å². The van der Waals surface area contributed by atoms with E-state index in [4.69, 9.17) is 21.7 Å². The van der Waals surface area contributed by atoms with E-state index in [0.29, 0.717) is 32.1 Å². The van der Waals surface area contributed by atoms with Crippen molar-refractivity contribution < 1.29 is 4.74 Å². The first-order valence-corrected chi connectivity index (χ1v) is 6.12. The highest BCUT2D eigenvalue weighted by Gasteiger charge is 2.15. The van der Waals surface area contributed by atoms with Crippen LogP contribution in [0.4, 0.5) is 0 Å². The van der Waals surface area contributed by atoms with E-state index in [9.17, 15) is 5.26 Å². The SMILES string of the molecule is CN/C(=C(/Br)C=N)c1cc(Cl)cc(OC)c1C#N. The quantitative estimate of drug-likeness (QED) is 0.834. The molecule has 94 valence electrons. The Balaban J connectivity index is 3.63. The molecular formula is C12H11BrClN3O. The molecule has 4 nitrogen and oxygen atoms in total. The molecule has 0 saturated carbocycles. The van der Waals surface area contributed by atoms with Crippen LogP contribution in [-0.2, 0) is 0 Å². The third-order valence-corrected chi connectivity index (χ3v) is 3.13. The van der Waals surface area contributed by atoms with E-state index in [1.807, 2.05) is 0 Å². The van der Waals surface area contributed by atoms with Crippen molar-refractivity contribution in [2.24, 2.45) is 0 Å². The summed E-state index contributed by atoms with van der Waals surface area (Å²) in [5.74, 6) is 0.401. The second-order valence-corrected chi connectivity index (χ2v) is 4.55. The van der Waals surface area contributed by atoms with Gasteiger partial charge in [0.1, 0.15) is 17.4 Å². The van der Waals surface area contributed by atoms with Gasteiger partial charge in [-0.15, -0.1) is 0 Å². The Morgan fingerprint density at radius 2 is 2.28 bits per heavy atom. The summed E-state index contributed by atoms with van der Waals surface area (Å²) in [6.07, 6.45) is 1.14. The fourth-order valence-electron chi connectivity index (χ4n) is 1.51. The zero-order valence-electron chi connectivity index (χ0n) is 9.84. The maximum atomic E-state index is 9.22. The number of nitriles is 1. The molecule has 0 bridgehead atoms. The average Bonchev–Trinajstić information content (AvgIpc) is 2.38. The largest absolute Gasteiger partial charge is 0.495 e. The first kappa shape index (κ1) is 14.6. The van der Waals surface area contributed by atoms with Gasteiger partial charge in [-0.3, -0.25) is 0 Å². The Labute approximate surface area is 119 Å². The zero-order valence-corrected chi connectivity index (χ0v) is 12.2. The minimum absolute atomic E-state index is 0.366. The Morgan fingerprint density at radius 3 is 2.72 bits per heavy atom. The van der Waals surface area contributed by atoms with Crippen LogP contribution in [0.3, 0.4) is 0 Å². The smallest absolute Gasteiger partial charge is 0.138 e. The van der Waals surface area contributed by atoms with Crippen molar-refractivity contribution >= 4 is 39.4 Å². The minimum Gasteiger partial charge on any atom is -0.495 e. The molecule has 0 aliphatic rings. The van der Waals surface area contributed by atoms with E-state index >= 15 is 0 Å². The lowest BCUT2D eigenvalue weighted by molar-refractivity contribution is 0.413. The van der Waals surface area contributed by atoms with Gasteiger partial charge in [0.05, 0.1) is 17.3 Å². The molecular weight excluding hydrogens is 318 g/mol. The van der Waals surface area contributed by atoms with Gasteiger partial charge < -0.3 is 15.5 Å². The summed E-state index contributed by atoms with van der Waals surface area (Å²) >= 11 is 9.25. The lowest BCUT2D eigenvalue weighted by Crippen LogP contribution is -2.09. The van der Waals surface area contributed by atoms with Crippen LogP contribution in [0, 0.1) is 16.7 Å². The Morgan fingerprint density at radius 1 is 1.61 bits per heavy atom. The molecule has 1 rings (SSSR count). The summed E-state index contributed by atoms with van der Waals surface area (Å²) in [6, 6.07) is 5.31. The number of allylic oxidation sites excluding steroid dienone is 1. The van der Waals surface area contributed by atoms with Gasteiger partial charge >= 0.3 is 0 Å². The number of hydrogen-bond acceptors (Lipinski definition) is 4. The molecule has 0 unspecified atom stereocenters. The molecule has 0 amide bonds. The van der Waals surface area contributed by atoms with Crippen molar-refractivity contribution in [1.82, 2.24) is 5.32 Å². The molecule has 6 heteroatoms. The van der Waals surface area contributed by atoms with Crippen LogP contribution in [0.25, 0.3) is 5.70 Å². The number of hydrogen-bond donors (Lipinski definition) is 2.